The van der Waals surface area contributed by atoms with Crippen molar-refractivity contribution in [2.45, 2.75) is 18.3 Å². The Balaban J connectivity index is 0.947. The van der Waals surface area contributed by atoms with E-state index < -0.39 is 0 Å². The van der Waals surface area contributed by atoms with Gasteiger partial charge in [-0.3, -0.25) is 0 Å². The molecule has 2 nitrogen and oxygen atoms in total. The fraction of sp³-hybridized carbons (Fsp3) is 0.0508. The summed E-state index contributed by atoms with van der Waals surface area (Å²) in [5.41, 5.74) is 17.6. The van der Waals surface area contributed by atoms with Crippen molar-refractivity contribution in [3.8, 4) is 33.4 Å². The number of hydrogen-bond donors (Lipinski definition) is 0. The second-order valence-corrected chi connectivity index (χ2v) is 16.5. The first-order chi connectivity index (χ1) is 30.2. The van der Waals surface area contributed by atoms with E-state index >= 15 is 0 Å². The Morgan fingerprint density at radius 2 is 0.754 bits per heavy atom. The summed E-state index contributed by atoms with van der Waals surface area (Å²) in [6, 6.07) is 84.4. The van der Waals surface area contributed by atoms with Crippen LogP contribution in [0.2, 0.25) is 0 Å². The lowest BCUT2D eigenvalue weighted by molar-refractivity contribution is 0.854. The molecular formula is C59H42N2. The monoisotopic (exact) mass is 778 g/mol. The van der Waals surface area contributed by atoms with Gasteiger partial charge in [0, 0.05) is 39.2 Å². The third kappa shape index (κ3) is 5.79. The van der Waals surface area contributed by atoms with Gasteiger partial charge in [-0.25, -0.2) is 0 Å². The molecule has 2 aliphatic carbocycles. The van der Waals surface area contributed by atoms with Gasteiger partial charge in [-0.1, -0.05) is 158 Å². The Labute approximate surface area is 357 Å². The minimum Gasteiger partial charge on any atom is -0.311 e. The van der Waals surface area contributed by atoms with E-state index in [2.05, 4.69) is 240 Å². The van der Waals surface area contributed by atoms with Gasteiger partial charge < -0.3 is 9.80 Å². The van der Waals surface area contributed by atoms with E-state index in [1.165, 1.54) is 84.6 Å². The molecule has 0 unspecified atom stereocenters. The maximum Gasteiger partial charge on any atom is 0.0540 e. The SMILES string of the molecule is c1ccc(N(c2ccccc2)c2ccc(-c3ccc4c5c(cccc35)C3(CC3)c3cc(-c5ccc(N(c6ccccc6)c6ccccc6)c6ccccc56)ccc3-4)cc2)cc1. The molecule has 12 rings (SSSR count). The highest BCUT2D eigenvalue weighted by atomic mass is 15.1. The second-order valence-electron chi connectivity index (χ2n) is 16.5. The summed E-state index contributed by atoms with van der Waals surface area (Å²) in [5.74, 6) is 0. The highest BCUT2D eigenvalue weighted by Crippen LogP contribution is 2.62. The summed E-state index contributed by atoms with van der Waals surface area (Å²) < 4.78 is 0. The van der Waals surface area contributed by atoms with Crippen LogP contribution in [0.15, 0.2) is 231 Å². The van der Waals surface area contributed by atoms with Crippen LogP contribution in [-0.4, -0.2) is 0 Å². The molecular weight excluding hydrogens is 737 g/mol. The summed E-state index contributed by atoms with van der Waals surface area (Å²) in [4.78, 5) is 4.70. The van der Waals surface area contributed by atoms with Crippen molar-refractivity contribution in [3.05, 3.63) is 242 Å². The van der Waals surface area contributed by atoms with Crippen molar-refractivity contribution in [1.82, 2.24) is 0 Å². The van der Waals surface area contributed by atoms with Gasteiger partial charge in [0.05, 0.1) is 5.69 Å². The minimum absolute atomic E-state index is 0.0271. The second kappa shape index (κ2) is 14.3. The Hall–Kier alpha value is -7.68. The van der Waals surface area contributed by atoms with Crippen LogP contribution in [0.25, 0.3) is 54.9 Å². The molecule has 0 aromatic heterocycles. The lowest BCUT2D eigenvalue weighted by atomic mass is 9.73. The van der Waals surface area contributed by atoms with Gasteiger partial charge in [-0.15, -0.1) is 0 Å². The van der Waals surface area contributed by atoms with Crippen molar-refractivity contribution in [2.24, 2.45) is 0 Å². The topological polar surface area (TPSA) is 6.48 Å². The number of hydrogen-bond acceptors (Lipinski definition) is 2. The van der Waals surface area contributed by atoms with Gasteiger partial charge in [0.25, 0.3) is 0 Å². The molecule has 1 fully saturated rings. The molecule has 0 atom stereocenters. The fourth-order valence-corrected chi connectivity index (χ4v) is 10.1. The van der Waals surface area contributed by atoms with Crippen LogP contribution in [-0.2, 0) is 5.41 Å². The van der Waals surface area contributed by atoms with Crippen molar-refractivity contribution in [3.63, 3.8) is 0 Å². The maximum absolute atomic E-state index is 2.52. The Morgan fingerprint density at radius 1 is 0.295 bits per heavy atom. The van der Waals surface area contributed by atoms with E-state index in [1.807, 2.05) is 0 Å². The first kappa shape index (κ1) is 35.3. The molecule has 0 bridgehead atoms. The molecule has 1 saturated carbocycles. The van der Waals surface area contributed by atoms with Gasteiger partial charge in [-0.2, -0.15) is 0 Å². The van der Waals surface area contributed by atoms with Crippen LogP contribution >= 0.6 is 0 Å². The van der Waals surface area contributed by atoms with E-state index in [0.717, 1.165) is 28.4 Å². The summed E-state index contributed by atoms with van der Waals surface area (Å²) in [5, 5.41) is 5.23. The lowest BCUT2D eigenvalue weighted by Gasteiger charge is -2.31. The lowest BCUT2D eigenvalue weighted by Crippen LogP contribution is -2.15. The van der Waals surface area contributed by atoms with E-state index in [1.54, 1.807) is 0 Å². The van der Waals surface area contributed by atoms with Crippen molar-refractivity contribution < 1.29 is 0 Å². The Kier molecular flexibility index (Phi) is 8.24. The largest absolute Gasteiger partial charge is 0.311 e. The van der Waals surface area contributed by atoms with Crippen LogP contribution < -0.4 is 9.80 Å². The molecule has 1 spiro atoms. The highest BCUT2D eigenvalue weighted by molar-refractivity contribution is 6.11. The molecule has 0 N–H and O–H groups in total. The average Bonchev–Trinajstić information content (AvgIpc) is 4.14. The zero-order chi connectivity index (χ0) is 40.3. The number of para-hydroxylation sites is 4. The molecule has 0 saturated heterocycles. The van der Waals surface area contributed by atoms with Crippen molar-refractivity contribution in [1.29, 1.82) is 0 Å². The normalized spacial score (nSPS) is 13.2. The van der Waals surface area contributed by atoms with Crippen LogP contribution in [0.1, 0.15) is 24.0 Å². The third-order valence-corrected chi connectivity index (χ3v) is 13.1. The molecule has 10 aromatic carbocycles. The predicted octanol–water partition coefficient (Wildman–Crippen LogP) is 16.3. The molecule has 0 heterocycles. The zero-order valence-corrected chi connectivity index (χ0v) is 33.7. The first-order valence-corrected chi connectivity index (χ1v) is 21.4. The van der Waals surface area contributed by atoms with Crippen LogP contribution in [0.4, 0.5) is 34.1 Å². The Bertz CT molecular complexity index is 3150. The molecule has 0 radical (unpaired) electrons. The summed E-state index contributed by atoms with van der Waals surface area (Å²) >= 11 is 0. The van der Waals surface area contributed by atoms with E-state index in [0.29, 0.717) is 0 Å². The van der Waals surface area contributed by atoms with Gasteiger partial charge in [0.1, 0.15) is 0 Å². The number of anilines is 6. The molecule has 61 heavy (non-hydrogen) atoms. The smallest absolute Gasteiger partial charge is 0.0540 e. The molecule has 0 aliphatic heterocycles. The summed E-state index contributed by atoms with van der Waals surface area (Å²) in [6.07, 6.45) is 2.33. The standard InChI is InChI=1S/C59H42N2/c1-5-16-43(17-6-1)60(44-18-7-2-8-19-44)47-31-28-41(29-32-47)48-34-35-54-51-33-30-42(40-56(51)59(38-39-59)55-27-15-26-53(48)58(54)55)49-36-37-57(52-25-14-13-24-50(49)52)61(45-20-9-3-10-21-45)46-22-11-4-12-23-46/h1-37,40H,38-39H2. The number of fused-ring (bicyclic) bond motifs is 5. The van der Waals surface area contributed by atoms with E-state index in [-0.39, 0.29) is 5.41 Å². The highest BCUT2D eigenvalue weighted by Gasteiger charge is 2.50. The number of nitrogens with zero attached hydrogens (tertiary/aromatic N) is 2. The van der Waals surface area contributed by atoms with Crippen LogP contribution in [0.5, 0.6) is 0 Å². The molecule has 2 aliphatic rings. The first-order valence-electron chi connectivity index (χ1n) is 21.4. The van der Waals surface area contributed by atoms with Crippen LogP contribution in [0, 0.1) is 0 Å². The third-order valence-electron chi connectivity index (χ3n) is 13.1. The predicted molar refractivity (Wildman–Crippen MR) is 257 cm³/mol. The number of rotatable bonds is 8. The molecule has 10 aromatic rings. The van der Waals surface area contributed by atoms with Crippen molar-refractivity contribution >= 4 is 55.7 Å². The molecule has 2 heteroatoms. The fourth-order valence-electron chi connectivity index (χ4n) is 10.1. The quantitative estimate of drug-likeness (QED) is 0.152. The summed E-state index contributed by atoms with van der Waals surface area (Å²) in [7, 11) is 0. The summed E-state index contributed by atoms with van der Waals surface area (Å²) in [6.45, 7) is 0. The van der Waals surface area contributed by atoms with Gasteiger partial charge in [0.2, 0.25) is 0 Å². The zero-order valence-electron chi connectivity index (χ0n) is 33.7. The minimum atomic E-state index is 0.0271. The van der Waals surface area contributed by atoms with E-state index in [4.69, 9.17) is 0 Å². The van der Waals surface area contributed by atoms with Crippen LogP contribution in [0.3, 0.4) is 0 Å². The van der Waals surface area contributed by atoms with Gasteiger partial charge in [0.15, 0.2) is 0 Å². The molecule has 288 valence electrons. The number of benzene rings is 10. The van der Waals surface area contributed by atoms with Gasteiger partial charge in [-0.05, 0) is 146 Å². The average molecular weight is 779 g/mol. The van der Waals surface area contributed by atoms with Gasteiger partial charge >= 0.3 is 0 Å². The Morgan fingerprint density at radius 3 is 1.36 bits per heavy atom. The van der Waals surface area contributed by atoms with E-state index in [9.17, 15) is 0 Å². The molecule has 0 amide bonds. The maximum atomic E-state index is 2.52. The van der Waals surface area contributed by atoms with Crippen molar-refractivity contribution in [2.75, 3.05) is 9.80 Å².